The molecule has 1 amide bonds. The molecule has 0 aliphatic carbocycles. The zero-order chi connectivity index (χ0) is 18.0. The van der Waals surface area contributed by atoms with Crippen molar-refractivity contribution in [2.75, 3.05) is 11.9 Å². The molecule has 1 unspecified atom stereocenters. The summed E-state index contributed by atoms with van der Waals surface area (Å²) in [6.07, 6.45) is 1.79. The van der Waals surface area contributed by atoms with Gasteiger partial charge < -0.3 is 15.0 Å². The van der Waals surface area contributed by atoms with Crippen LogP contribution >= 0.6 is 0 Å². The average molecular weight is 336 g/mol. The molecule has 0 radical (unpaired) electrons. The van der Waals surface area contributed by atoms with Crippen molar-refractivity contribution in [2.45, 2.75) is 32.5 Å². The fourth-order valence-corrected chi connectivity index (χ4v) is 3.29. The number of anilines is 1. The Morgan fingerprint density at radius 1 is 1.20 bits per heavy atom. The number of hydrogen-bond acceptors (Lipinski definition) is 3. The molecule has 4 heteroatoms. The Hall–Kier alpha value is -2.75. The van der Waals surface area contributed by atoms with Gasteiger partial charge in [0, 0.05) is 17.8 Å². The quantitative estimate of drug-likeness (QED) is 0.823. The minimum atomic E-state index is -0.731. The highest BCUT2D eigenvalue weighted by molar-refractivity contribution is 6.02. The molecule has 0 saturated heterocycles. The van der Waals surface area contributed by atoms with E-state index in [-0.39, 0.29) is 12.0 Å². The first-order chi connectivity index (χ1) is 12.0. The van der Waals surface area contributed by atoms with Gasteiger partial charge >= 0.3 is 0 Å². The van der Waals surface area contributed by atoms with Crippen LogP contribution in [0.3, 0.4) is 0 Å². The number of para-hydroxylation sites is 2. The summed E-state index contributed by atoms with van der Waals surface area (Å²) in [6, 6.07) is 15.4. The third kappa shape index (κ3) is 3.00. The highest BCUT2D eigenvalue weighted by atomic mass is 16.5. The second kappa shape index (κ2) is 6.63. The molecule has 0 fully saturated rings. The third-order valence-corrected chi connectivity index (χ3v) is 4.41. The van der Waals surface area contributed by atoms with Crippen LogP contribution in [0.15, 0.2) is 61.2 Å². The lowest BCUT2D eigenvalue weighted by molar-refractivity contribution is 0.0565. The number of benzene rings is 2. The number of fused-ring (bicyclic) bond motifs is 1. The fraction of sp³-hybridized carbons (Fsp3) is 0.286. The van der Waals surface area contributed by atoms with Crippen LogP contribution in [0, 0.1) is 0 Å². The number of carbonyl (C=O) groups excluding carboxylic acids is 1. The Balaban J connectivity index is 2.16. The number of ether oxygens (including phenoxy) is 1. The van der Waals surface area contributed by atoms with Gasteiger partial charge in [-0.2, -0.15) is 0 Å². The summed E-state index contributed by atoms with van der Waals surface area (Å²) in [5.74, 6) is 0.754. The number of amides is 1. The maximum Gasteiger partial charge on any atom is 0.258 e. The highest BCUT2D eigenvalue weighted by Gasteiger charge is 2.43. The van der Waals surface area contributed by atoms with E-state index in [0.717, 1.165) is 17.0 Å². The van der Waals surface area contributed by atoms with Crippen molar-refractivity contribution in [3.05, 3.63) is 72.3 Å². The molecule has 1 aliphatic rings. The van der Waals surface area contributed by atoms with Gasteiger partial charge in [0.2, 0.25) is 0 Å². The summed E-state index contributed by atoms with van der Waals surface area (Å²) < 4.78 is 6.01. The molecular weight excluding hydrogens is 312 g/mol. The van der Waals surface area contributed by atoms with Crippen molar-refractivity contribution in [1.29, 1.82) is 0 Å². The van der Waals surface area contributed by atoms with Gasteiger partial charge in [0.25, 0.3) is 5.91 Å². The summed E-state index contributed by atoms with van der Waals surface area (Å²) in [7, 11) is 0. The van der Waals surface area contributed by atoms with E-state index in [4.69, 9.17) is 4.74 Å². The molecule has 0 spiro atoms. The summed E-state index contributed by atoms with van der Waals surface area (Å²) in [4.78, 5) is 14.9. The van der Waals surface area contributed by atoms with Crippen molar-refractivity contribution < 1.29 is 9.53 Å². The molecule has 0 bridgehead atoms. The van der Waals surface area contributed by atoms with Gasteiger partial charge in [-0.25, -0.2) is 0 Å². The summed E-state index contributed by atoms with van der Waals surface area (Å²) in [5, 5.41) is 3.55. The first-order valence-corrected chi connectivity index (χ1v) is 8.53. The summed E-state index contributed by atoms with van der Waals surface area (Å²) in [5.41, 5.74) is 1.69. The molecule has 1 aliphatic heterocycles. The zero-order valence-corrected chi connectivity index (χ0v) is 15.0. The van der Waals surface area contributed by atoms with Crippen LogP contribution < -0.4 is 10.1 Å². The fourth-order valence-electron chi connectivity index (χ4n) is 3.29. The normalized spacial score (nSPS) is 19.4. The molecule has 0 aromatic heterocycles. The maximum absolute atomic E-state index is 13.1. The van der Waals surface area contributed by atoms with E-state index >= 15 is 0 Å². The SMILES string of the molecule is C=CCN1C(=O)c2ccccc2NC1(C)c1ccccc1OC(C)C. The van der Waals surface area contributed by atoms with Crippen LogP contribution in [0.4, 0.5) is 5.69 Å². The van der Waals surface area contributed by atoms with Crippen LogP contribution in [-0.4, -0.2) is 23.5 Å². The van der Waals surface area contributed by atoms with E-state index in [2.05, 4.69) is 11.9 Å². The lowest BCUT2D eigenvalue weighted by Crippen LogP contribution is -2.56. The van der Waals surface area contributed by atoms with Crippen molar-refractivity contribution in [2.24, 2.45) is 0 Å². The van der Waals surface area contributed by atoms with Crippen LogP contribution in [0.1, 0.15) is 36.7 Å². The molecule has 130 valence electrons. The van der Waals surface area contributed by atoms with E-state index in [9.17, 15) is 4.79 Å². The lowest BCUT2D eigenvalue weighted by atomic mass is 9.92. The van der Waals surface area contributed by atoms with E-state index in [1.54, 1.807) is 11.0 Å². The molecule has 0 saturated carbocycles. The monoisotopic (exact) mass is 336 g/mol. The Kier molecular flexibility index (Phi) is 4.53. The van der Waals surface area contributed by atoms with E-state index in [0.29, 0.717) is 12.1 Å². The largest absolute Gasteiger partial charge is 0.491 e. The van der Waals surface area contributed by atoms with Gasteiger partial charge in [-0.15, -0.1) is 6.58 Å². The van der Waals surface area contributed by atoms with Crippen molar-refractivity contribution in [3.63, 3.8) is 0 Å². The van der Waals surface area contributed by atoms with E-state index in [1.165, 1.54) is 0 Å². The zero-order valence-electron chi connectivity index (χ0n) is 15.0. The predicted octanol–water partition coefficient (Wildman–Crippen LogP) is 4.40. The topological polar surface area (TPSA) is 41.6 Å². The average Bonchev–Trinajstić information content (AvgIpc) is 2.58. The van der Waals surface area contributed by atoms with Gasteiger partial charge in [0.1, 0.15) is 11.4 Å². The minimum absolute atomic E-state index is 0.0175. The molecule has 1 atom stereocenters. The maximum atomic E-state index is 13.1. The second-order valence-electron chi connectivity index (χ2n) is 6.61. The van der Waals surface area contributed by atoms with E-state index < -0.39 is 5.66 Å². The molecule has 4 nitrogen and oxygen atoms in total. The van der Waals surface area contributed by atoms with Gasteiger partial charge in [0.05, 0.1) is 11.7 Å². The lowest BCUT2D eigenvalue weighted by Gasteiger charge is -2.46. The first kappa shape index (κ1) is 17.1. The first-order valence-electron chi connectivity index (χ1n) is 8.53. The Morgan fingerprint density at radius 2 is 1.88 bits per heavy atom. The molecule has 3 rings (SSSR count). The molecule has 1 heterocycles. The standard InChI is InChI=1S/C21H24N2O2/c1-5-14-23-20(24)16-10-6-8-12-18(16)22-21(23,4)17-11-7-9-13-19(17)25-15(2)3/h5-13,15,22H,1,14H2,2-4H3. The molecular formula is C21H24N2O2. The van der Waals surface area contributed by atoms with Gasteiger partial charge in [-0.3, -0.25) is 4.79 Å². The van der Waals surface area contributed by atoms with Crippen molar-refractivity contribution in [1.82, 2.24) is 4.90 Å². The third-order valence-electron chi connectivity index (χ3n) is 4.41. The van der Waals surface area contributed by atoms with Crippen LogP contribution in [0.2, 0.25) is 0 Å². The predicted molar refractivity (Wildman–Crippen MR) is 101 cm³/mol. The molecule has 2 aromatic carbocycles. The smallest absolute Gasteiger partial charge is 0.258 e. The second-order valence-corrected chi connectivity index (χ2v) is 6.61. The van der Waals surface area contributed by atoms with Crippen molar-refractivity contribution in [3.8, 4) is 5.75 Å². The number of nitrogens with zero attached hydrogens (tertiary/aromatic N) is 1. The van der Waals surface area contributed by atoms with E-state index in [1.807, 2.05) is 69.3 Å². The Morgan fingerprint density at radius 3 is 2.60 bits per heavy atom. The molecule has 1 N–H and O–H groups in total. The molecule has 2 aromatic rings. The highest BCUT2D eigenvalue weighted by Crippen LogP contribution is 2.41. The number of nitrogens with one attached hydrogen (secondary N) is 1. The summed E-state index contributed by atoms with van der Waals surface area (Å²) in [6.45, 7) is 10.3. The van der Waals surface area contributed by atoms with Gasteiger partial charge in [-0.05, 0) is 39.0 Å². The van der Waals surface area contributed by atoms with Gasteiger partial charge in [-0.1, -0.05) is 36.4 Å². The number of hydrogen-bond donors (Lipinski definition) is 1. The number of carbonyl (C=O) groups is 1. The van der Waals surface area contributed by atoms with Crippen LogP contribution in [-0.2, 0) is 5.66 Å². The van der Waals surface area contributed by atoms with Crippen molar-refractivity contribution >= 4 is 11.6 Å². The molecule has 25 heavy (non-hydrogen) atoms. The van der Waals surface area contributed by atoms with Gasteiger partial charge in [0.15, 0.2) is 0 Å². The Labute approximate surface area is 149 Å². The van der Waals surface area contributed by atoms with Crippen LogP contribution in [0.25, 0.3) is 0 Å². The summed E-state index contributed by atoms with van der Waals surface area (Å²) >= 11 is 0. The number of rotatable bonds is 5. The van der Waals surface area contributed by atoms with Crippen LogP contribution in [0.5, 0.6) is 5.75 Å². The minimum Gasteiger partial charge on any atom is -0.491 e. The Bertz CT molecular complexity index is 800.